The minimum atomic E-state index is -0.209. The average molecular weight is 226 g/mol. The molecular formula is C10H14N2S2. The lowest BCUT2D eigenvalue weighted by Crippen LogP contribution is -2.08. The maximum atomic E-state index is 8.82. The second kappa shape index (κ2) is 4.81. The largest absolute Gasteiger partial charge is 0.235 e. The Morgan fingerprint density at radius 1 is 1.64 bits per heavy atom. The number of nitrogens with zero attached hydrogens (tertiary/aromatic N) is 2. The van der Waals surface area contributed by atoms with E-state index in [0.29, 0.717) is 0 Å². The van der Waals surface area contributed by atoms with E-state index < -0.39 is 0 Å². The molecule has 0 aromatic carbocycles. The van der Waals surface area contributed by atoms with Gasteiger partial charge in [-0.3, -0.25) is 0 Å². The Kier molecular flexibility index (Phi) is 3.97. The van der Waals surface area contributed by atoms with Crippen LogP contribution in [0.5, 0.6) is 0 Å². The zero-order chi connectivity index (χ0) is 10.6. The Morgan fingerprint density at radius 3 is 2.86 bits per heavy atom. The van der Waals surface area contributed by atoms with Crippen molar-refractivity contribution < 1.29 is 0 Å². The molecule has 0 aliphatic heterocycles. The molecule has 0 aliphatic carbocycles. The lowest BCUT2D eigenvalue weighted by Gasteiger charge is -2.13. The summed E-state index contributed by atoms with van der Waals surface area (Å²) in [5.41, 5.74) is 0.872. The van der Waals surface area contributed by atoms with E-state index >= 15 is 0 Å². The van der Waals surface area contributed by atoms with Gasteiger partial charge in [0.1, 0.15) is 4.34 Å². The topological polar surface area (TPSA) is 36.7 Å². The van der Waals surface area contributed by atoms with Crippen LogP contribution in [0.3, 0.4) is 0 Å². The molecule has 4 heteroatoms. The van der Waals surface area contributed by atoms with Crippen molar-refractivity contribution in [3.05, 3.63) is 11.1 Å². The molecular weight excluding hydrogens is 212 g/mol. The average Bonchev–Trinajstić information content (AvgIpc) is 2.51. The van der Waals surface area contributed by atoms with Gasteiger partial charge in [-0.1, -0.05) is 11.8 Å². The molecule has 0 aliphatic rings. The molecule has 1 heterocycles. The SMILES string of the molecule is Cc1csc(SCCC(C)(C)C#N)n1. The minimum absolute atomic E-state index is 0.209. The minimum Gasteiger partial charge on any atom is -0.235 e. The number of nitriles is 1. The summed E-state index contributed by atoms with van der Waals surface area (Å²) in [6, 6.07) is 2.30. The zero-order valence-corrected chi connectivity index (χ0v) is 10.3. The summed E-state index contributed by atoms with van der Waals surface area (Å²) in [6.07, 6.45) is 0.910. The summed E-state index contributed by atoms with van der Waals surface area (Å²) in [5, 5.41) is 10.9. The molecule has 0 spiro atoms. The number of thiazole rings is 1. The standard InChI is InChI=1S/C10H14N2S2/c1-8-6-14-9(12-8)13-5-4-10(2,3)7-11/h6H,4-5H2,1-3H3. The second-order valence-electron chi connectivity index (χ2n) is 3.85. The molecule has 76 valence electrons. The van der Waals surface area contributed by atoms with Crippen LogP contribution >= 0.6 is 23.1 Å². The van der Waals surface area contributed by atoms with Crippen molar-refractivity contribution in [1.82, 2.24) is 4.98 Å². The molecule has 2 nitrogen and oxygen atoms in total. The molecule has 1 rings (SSSR count). The monoisotopic (exact) mass is 226 g/mol. The third kappa shape index (κ3) is 3.69. The van der Waals surface area contributed by atoms with Gasteiger partial charge in [-0.15, -0.1) is 11.3 Å². The number of thioether (sulfide) groups is 1. The fraction of sp³-hybridized carbons (Fsp3) is 0.600. The van der Waals surface area contributed by atoms with E-state index in [4.69, 9.17) is 5.26 Å². The van der Waals surface area contributed by atoms with Crippen LogP contribution < -0.4 is 0 Å². The van der Waals surface area contributed by atoms with Crippen molar-refractivity contribution in [2.45, 2.75) is 31.5 Å². The maximum absolute atomic E-state index is 8.82. The quantitative estimate of drug-likeness (QED) is 0.737. The highest BCUT2D eigenvalue weighted by Crippen LogP contribution is 2.27. The number of aryl methyl sites for hydroxylation is 1. The van der Waals surface area contributed by atoms with Crippen molar-refractivity contribution in [2.24, 2.45) is 5.41 Å². The van der Waals surface area contributed by atoms with Gasteiger partial charge >= 0.3 is 0 Å². The van der Waals surface area contributed by atoms with E-state index in [1.54, 1.807) is 23.1 Å². The lowest BCUT2D eigenvalue weighted by atomic mass is 9.93. The van der Waals surface area contributed by atoms with Gasteiger partial charge in [0.2, 0.25) is 0 Å². The smallest absolute Gasteiger partial charge is 0.150 e. The van der Waals surface area contributed by atoms with Crippen LogP contribution in [0.25, 0.3) is 0 Å². The van der Waals surface area contributed by atoms with Gasteiger partial charge in [-0.2, -0.15) is 5.26 Å². The second-order valence-corrected chi connectivity index (χ2v) is 6.05. The van der Waals surface area contributed by atoms with E-state index in [9.17, 15) is 0 Å². The first-order valence-corrected chi connectivity index (χ1v) is 6.36. The van der Waals surface area contributed by atoms with Crippen LogP contribution in [-0.2, 0) is 0 Å². The predicted octanol–water partition coefficient (Wildman–Crippen LogP) is 3.48. The normalized spacial score (nSPS) is 11.3. The summed E-state index contributed by atoms with van der Waals surface area (Å²) in [4.78, 5) is 4.35. The van der Waals surface area contributed by atoms with E-state index in [-0.39, 0.29) is 5.41 Å². The fourth-order valence-electron chi connectivity index (χ4n) is 0.848. The molecule has 0 atom stereocenters. The van der Waals surface area contributed by atoms with E-state index in [1.807, 2.05) is 20.8 Å². The Balaban J connectivity index is 2.33. The van der Waals surface area contributed by atoms with Crippen LogP contribution in [0.2, 0.25) is 0 Å². The summed E-state index contributed by atoms with van der Waals surface area (Å²) >= 11 is 3.42. The third-order valence-corrected chi connectivity index (χ3v) is 3.99. The van der Waals surface area contributed by atoms with Gasteiger partial charge in [-0.25, -0.2) is 4.98 Å². The van der Waals surface area contributed by atoms with Crippen LogP contribution in [0, 0.1) is 23.7 Å². The first-order valence-electron chi connectivity index (χ1n) is 4.50. The van der Waals surface area contributed by atoms with Gasteiger partial charge in [0.25, 0.3) is 0 Å². The van der Waals surface area contributed by atoms with Crippen molar-refractivity contribution in [1.29, 1.82) is 5.26 Å². The van der Waals surface area contributed by atoms with Crippen molar-refractivity contribution in [2.75, 3.05) is 5.75 Å². The van der Waals surface area contributed by atoms with Gasteiger partial charge < -0.3 is 0 Å². The molecule has 1 aromatic rings. The van der Waals surface area contributed by atoms with Gasteiger partial charge in [0.15, 0.2) is 0 Å². The number of hydrogen-bond acceptors (Lipinski definition) is 4. The molecule has 0 N–H and O–H groups in total. The molecule has 0 radical (unpaired) electrons. The Labute approximate surface area is 93.4 Å². The highest BCUT2D eigenvalue weighted by Gasteiger charge is 2.16. The highest BCUT2D eigenvalue weighted by molar-refractivity contribution is 8.01. The molecule has 0 amide bonds. The van der Waals surface area contributed by atoms with Crippen molar-refractivity contribution in [3.8, 4) is 6.07 Å². The zero-order valence-electron chi connectivity index (χ0n) is 8.70. The van der Waals surface area contributed by atoms with Gasteiger partial charge in [-0.05, 0) is 27.2 Å². The van der Waals surface area contributed by atoms with Crippen LogP contribution in [0.1, 0.15) is 26.0 Å². The molecule has 0 bridgehead atoms. The molecule has 0 saturated carbocycles. The van der Waals surface area contributed by atoms with E-state index in [2.05, 4.69) is 16.4 Å². The van der Waals surface area contributed by atoms with Crippen LogP contribution in [0.15, 0.2) is 9.72 Å². The van der Waals surface area contributed by atoms with Crippen LogP contribution in [0.4, 0.5) is 0 Å². The third-order valence-electron chi connectivity index (χ3n) is 1.85. The maximum Gasteiger partial charge on any atom is 0.150 e. The van der Waals surface area contributed by atoms with Crippen LogP contribution in [-0.4, -0.2) is 10.7 Å². The number of hydrogen-bond donors (Lipinski definition) is 0. The Bertz CT molecular complexity index is 336. The molecule has 0 fully saturated rings. The molecule has 0 saturated heterocycles. The summed E-state index contributed by atoms with van der Waals surface area (Å²) in [7, 11) is 0. The molecule has 1 aromatic heterocycles. The fourth-order valence-corrected chi connectivity index (χ4v) is 3.03. The summed E-state index contributed by atoms with van der Waals surface area (Å²) < 4.78 is 1.11. The summed E-state index contributed by atoms with van der Waals surface area (Å²) in [5.74, 6) is 0.966. The predicted molar refractivity (Wildman–Crippen MR) is 61.6 cm³/mol. The first kappa shape index (κ1) is 11.5. The van der Waals surface area contributed by atoms with Crippen molar-refractivity contribution >= 4 is 23.1 Å². The summed E-state index contributed by atoms with van der Waals surface area (Å²) in [6.45, 7) is 5.95. The lowest BCUT2D eigenvalue weighted by molar-refractivity contribution is 0.482. The van der Waals surface area contributed by atoms with Crippen molar-refractivity contribution in [3.63, 3.8) is 0 Å². The Hall–Kier alpha value is -0.530. The van der Waals surface area contributed by atoms with Gasteiger partial charge in [0, 0.05) is 16.8 Å². The molecule has 0 unspecified atom stereocenters. The number of rotatable bonds is 4. The Morgan fingerprint density at radius 2 is 2.36 bits per heavy atom. The van der Waals surface area contributed by atoms with E-state index in [1.165, 1.54) is 0 Å². The highest BCUT2D eigenvalue weighted by atomic mass is 32.2. The first-order chi connectivity index (χ1) is 6.53. The molecule has 14 heavy (non-hydrogen) atoms. The van der Waals surface area contributed by atoms with Gasteiger partial charge in [0.05, 0.1) is 11.5 Å². The van der Waals surface area contributed by atoms with E-state index in [0.717, 1.165) is 22.2 Å². The number of aromatic nitrogens is 1.